The molecule has 0 amide bonds. The summed E-state index contributed by atoms with van der Waals surface area (Å²) in [4.78, 5) is 0. The molecule has 3 rings (SSSR count). The number of nitrogens with two attached hydrogens (primary N) is 2. The number of allylic oxidation sites excluding steroid dienone is 1. The number of benzene rings is 2. The molecular formula is C18H17N3O. The Morgan fingerprint density at radius 3 is 2.55 bits per heavy atom. The van der Waals surface area contributed by atoms with Gasteiger partial charge in [-0.2, -0.15) is 5.26 Å². The van der Waals surface area contributed by atoms with Gasteiger partial charge in [0.25, 0.3) is 0 Å². The number of fused-ring (bicyclic) bond motifs is 1. The van der Waals surface area contributed by atoms with E-state index in [1.54, 1.807) is 6.07 Å². The van der Waals surface area contributed by atoms with Gasteiger partial charge in [-0.15, -0.1) is 0 Å². The Morgan fingerprint density at radius 2 is 1.82 bits per heavy atom. The summed E-state index contributed by atoms with van der Waals surface area (Å²) >= 11 is 0. The van der Waals surface area contributed by atoms with Crippen LogP contribution in [0.25, 0.3) is 0 Å². The van der Waals surface area contributed by atoms with Crippen molar-refractivity contribution in [2.75, 3.05) is 5.73 Å². The minimum absolute atomic E-state index is 0.145. The first-order chi connectivity index (χ1) is 10.5. The highest BCUT2D eigenvalue weighted by Gasteiger charge is 2.31. The number of ether oxygens (including phenoxy) is 1. The van der Waals surface area contributed by atoms with E-state index in [1.807, 2.05) is 26.0 Å². The number of nitrogen functional groups attached to an aromatic ring is 1. The molecule has 0 bridgehead atoms. The predicted octanol–water partition coefficient (Wildman–Crippen LogP) is 3.10. The van der Waals surface area contributed by atoms with E-state index in [2.05, 4.69) is 24.3 Å². The second-order valence-electron chi connectivity index (χ2n) is 5.58. The summed E-state index contributed by atoms with van der Waals surface area (Å²) in [7, 11) is 0. The number of aryl methyl sites for hydroxylation is 2. The summed E-state index contributed by atoms with van der Waals surface area (Å²) in [6, 6.07) is 13.9. The number of anilines is 1. The Labute approximate surface area is 129 Å². The van der Waals surface area contributed by atoms with Gasteiger partial charge in [0.15, 0.2) is 0 Å². The van der Waals surface area contributed by atoms with Crippen molar-refractivity contribution in [3.05, 3.63) is 70.1 Å². The Bertz CT molecular complexity index is 831. The van der Waals surface area contributed by atoms with E-state index in [0.29, 0.717) is 17.0 Å². The van der Waals surface area contributed by atoms with Crippen LogP contribution in [0.2, 0.25) is 0 Å². The van der Waals surface area contributed by atoms with Crippen molar-refractivity contribution in [2.45, 2.75) is 19.8 Å². The van der Waals surface area contributed by atoms with Crippen LogP contribution in [0.3, 0.4) is 0 Å². The summed E-state index contributed by atoms with van der Waals surface area (Å²) in [6.07, 6.45) is 0. The van der Waals surface area contributed by atoms with E-state index in [1.165, 1.54) is 0 Å². The highest BCUT2D eigenvalue weighted by molar-refractivity contribution is 5.60. The third kappa shape index (κ3) is 2.17. The van der Waals surface area contributed by atoms with Crippen LogP contribution in [-0.2, 0) is 0 Å². The summed E-state index contributed by atoms with van der Waals surface area (Å²) in [6.45, 7) is 4.07. The average Bonchev–Trinajstić information content (AvgIpc) is 2.48. The average molecular weight is 291 g/mol. The molecule has 1 heterocycles. The van der Waals surface area contributed by atoms with Crippen molar-refractivity contribution in [3.8, 4) is 11.8 Å². The highest BCUT2D eigenvalue weighted by atomic mass is 16.5. The number of rotatable bonds is 1. The van der Waals surface area contributed by atoms with Crippen molar-refractivity contribution in [2.24, 2.45) is 5.73 Å². The number of nitrogens with zero attached hydrogens (tertiary/aromatic N) is 1. The molecule has 0 fully saturated rings. The molecule has 22 heavy (non-hydrogen) atoms. The highest BCUT2D eigenvalue weighted by Crippen LogP contribution is 2.43. The van der Waals surface area contributed by atoms with Crippen molar-refractivity contribution in [1.82, 2.24) is 0 Å². The van der Waals surface area contributed by atoms with E-state index < -0.39 is 0 Å². The second kappa shape index (κ2) is 5.12. The molecule has 0 unspecified atom stereocenters. The molecule has 4 nitrogen and oxygen atoms in total. The fourth-order valence-corrected chi connectivity index (χ4v) is 2.86. The van der Waals surface area contributed by atoms with Crippen molar-refractivity contribution in [1.29, 1.82) is 5.26 Å². The normalized spacial score (nSPS) is 16.7. The number of hydrogen-bond acceptors (Lipinski definition) is 4. The Balaban J connectivity index is 2.28. The van der Waals surface area contributed by atoms with Crippen molar-refractivity contribution < 1.29 is 4.74 Å². The van der Waals surface area contributed by atoms with E-state index in [4.69, 9.17) is 16.2 Å². The minimum atomic E-state index is -0.228. The largest absolute Gasteiger partial charge is 0.440 e. The lowest BCUT2D eigenvalue weighted by Crippen LogP contribution is -2.21. The van der Waals surface area contributed by atoms with E-state index in [-0.39, 0.29) is 11.8 Å². The van der Waals surface area contributed by atoms with Gasteiger partial charge in [0.1, 0.15) is 17.4 Å². The Kier molecular flexibility index (Phi) is 3.26. The van der Waals surface area contributed by atoms with Gasteiger partial charge in [0.2, 0.25) is 5.88 Å². The van der Waals surface area contributed by atoms with Crippen LogP contribution in [0, 0.1) is 25.2 Å². The van der Waals surface area contributed by atoms with Crippen LogP contribution in [0.1, 0.15) is 28.2 Å². The van der Waals surface area contributed by atoms with Crippen LogP contribution in [-0.4, -0.2) is 0 Å². The fraction of sp³-hybridized carbons (Fsp3) is 0.167. The zero-order valence-corrected chi connectivity index (χ0v) is 12.6. The van der Waals surface area contributed by atoms with Crippen LogP contribution in [0.5, 0.6) is 5.75 Å². The molecule has 0 saturated carbocycles. The van der Waals surface area contributed by atoms with Gasteiger partial charge >= 0.3 is 0 Å². The first-order valence-corrected chi connectivity index (χ1v) is 7.05. The molecule has 0 radical (unpaired) electrons. The number of hydrogen-bond donors (Lipinski definition) is 2. The van der Waals surface area contributed by atoms with Crippen LogP contribution >= 0.6 is 0 Å². The Hall–Kier alpha value is -2.93. The zero-order valence-electron chi connectivity index (χ0n) is 12.6. The van der Waals surface area contributed by atoms with Crippen LogP contribution < -0.4 is 16.2 Å². The molecule has 1 atom stereocenters. The van der Waals surface area contributed by atoms with Crippen LogP contribution in [0.15, 0.2) is 47.9 Å². The standard InChI is InChI=1S/C18H17N3O/c1-10-3-4-11(2)14(7-10)17-13-6-5-12(20)8-16(13)22-18(21)15(17)9-19/h3-8,17H,20-21H2,1-2H3/t17-/m1/s1. The quantitative estimate of drug-likeness (QED) is 0.791. The first-order valence-electron chi connectivity index (χ1n) is 7.05. The molecule has 1 aliphatic rings. The third-order valence-electron chi connectivity index (χ3n) is 3.99. The monoisotopic (exact) mass is 291 g/mol. The Morgan fingerprint density at radius 1 is 1.05 bits per heavy atom. The van der Waals surface area contributed by atoms with Gasteiger partial charge in [-0.1, -0.05) is 29.8 Å². The SMILES string of the molecule is Cc1ccc(C)c([C@@H]2C(C#N)=C(N)Oc3cc(N)ccc32)c1. The van der Waals surface area contributed by atoms with E-state index >= 15 is 0 Å². The minimum Gasteiger partial charge on any atom is -0.440 e. The molecule has 110 valence electrons. The van der Waals surface area contributed by atoms with Gasteiger partial charge in [0, 0.05) is 17.3 Å². The lowest BCUT2D eigenvalue weighted by atomic mass is 9.81. The maximum absolute atomic E-state index is 9.54. The topological polar surface area (TPSA) is 85.1 Å². The van der Waals surface area contributed by atoms with Crippen LogP contribution in [0.4, 0.5) is 5.69 Å². The lowest BCUT2D eigenvalue weighted by Gasteiger charge is -2.27. The second-order valence-corrected chi connectivity index (χ2v) is 5.58. The zero-order chi connectivity index (χ0) is 15.9. The summed E-state index contributed by atoms with van der Waals surface area (Å²) in [5, 5.41) is 9.54. The molecule has 4 N–H and O–H groups in total. The fourth-order valence-electron chi connectivity index (χ4n) is 2.86. The third-order valence-corrected chi connectivity index (χ3v) is 3.99. The van der Waals surface area contributed by atoms with Gasteiger partial charge in [-0.25, -0.2) is 0 Å². The predicted molar refractivity (Wildman–Crippen MR) is 86.1 cm³/mol. The van der Waals surface area contributed by atoms with Gasteiger partial charge < -0.3 is 16.2 Å². The summed E-state index contributed by atoms with van der Waals surface area (Å²) in [5.41, 5.74) is 17.1. The summed E-state index contributed by atoms with van der Waals surface area (Å²) in [5.74, 6) is 0.531. The smallest absolute Gasteiger partial charge is 0.205 e. The van der Waals surface area contributed by atoms with Gasteiger partial charge in [-0.3, -0.25) is 0 Å². The lowest BCUT2D eigenvalue weighted by molar-refractivity contribution is 0.394. The van der Waals surface area contributed by atoms with Gasteiger partial charge in [0.05, 0.1) is 5.92 Å². The first kappa shape index (κ1) is 14.0. The maximum atomic E-state index is 9.54. The molecule has 4 heteroatoms. The van der Waals surface area contributed by atoms with Crippen molar-refractivity contribution >= 4 is 5.69 Å². The molecule has 1 aliphatic heterocycles. The van der Waals surface area contributed by atoms with Crippen molar-refractivity contribution in [3.63, 3.8) is 0 Å². The molecule has 0 aliphatic carbocycles. The molecule has 0 saturated heterocycles. The molecule has 2 aromatic carbocycles. The molecule has 0 spiro atoms. The van der Waals surface area contributed by atoms with Gasteiger partial charge in [-0.05, 0) is 31.0 Å². The van der Waals surface area contributed by atoms with E-state index in [9.17, 15) is 5.26 Å². The molecule has 0 aromatic heterocycles. The number of nitriles is 1. The maximum Gasteiger partial charge on any atom is 0.205 e. The molecule has 2 aromatic rings. The summed E-state index contributed by atoms with van der Waals surface area (Å²) < 4.78 is 5.59. The molecular weight excluding hydrogens is 274 g/mol. The van der Waals surface area contributed by atoms with E-state index in [0.717, 1.165) is 22.3 Å².